The number of amides is 1. The normalized spacial score (nSPS) is 20.8. The molecule has 0 radical (unpaired) electrons. The highest BCUT2D eigenvalue weighted by Gasteiger charge is 2.21. The molecule has 0 saturated carbocycles. The van der Waals surface area contributed by atoms with Crippen LogP contribution in [0.15, 0.2) is 34.7 Å². The second kappa shape index (κ2) is 9.73. The van der Waals surface area contributed by atoms with Gasteiger partial charge in [0.05, 0.1) is 6.61 Å². The third-order valence-corrected chi connectivity index (χ3v) is 3.38. The molecule has 0 fully saturated rings. The van der Waals surface area contributed by atoms with Crippen LogP contribution in [-0.4, -0.2) is 41.9 Å². The first-order chi connectivity index (χ1) is 10.9. The van der Waals surface area contributed by atoms with Crippen molar-refractivity contribution in [3.63, 3.8) is 0 Å². The lowest BCUT2D eigenvalue weighted by Crippen LogP contribution is -2.31. The van der Waals surface area contributed by atoms with E-state index in [9.17, 15) is 9.59 Å². The van der Waals surface area contributed by atoms with Gasteiger partial charge in [-0.1, -0.05) is 12.2 Å². The summed E-state index contributed by atoms with van der Waals surface area (Å²) in [5.41, 5.74) is 4.91. The van der Waals surface area contributed by atoms with Crippen LogP contribution in [-0.2, 0) is 9.53 Å². The molecule has 128 valence electrons. The summed E-state index contributed by atoms with van der Waals surface area (Å²) in [6, 6.07) is -0.848. The second-order valence-corrected chi connectivity index (χ2v) is 5.53. The van der Waals surface area contributed by atoms with Gasteiger partial charge in [-0.05, 0) is 32.3 Å². The molecule has 1 aliphatic heterocycles. The van der Waals surface area contributed by atoms with Gasteiger partial charge in [0, 0.05) is 19.2 Å². The lowest BCUT2D eigenvalue weighted by molar-refractivity contribution is -0.138. The van der Waals surface area contributed by atoms with E-state index < -0.39 is 23.6 Å². The molecule has 4 N–H and O–H groups in total. The zero-order valence-corrected chi connectivity index (χ0v) is 13.3. The summed E-state index contributed by atoms with van der Waals surface area (Å²) in [5.74, 6) is -1.01. The number of alkyl carbamates (subject to hydrolysis) is 1. The number of nitrogens with two attached hydrogens (primary N) is 1. The minimum Gasteiger partial charge on any atom is -0.480 e. The van der Waals surface area contributed by atoms with Gasteiger partial charge in [0.2, 0.25) is 0 Å². The molecule has 0 saturated heterocycles. The molecule has 0 aromatic heterocycles. The fourth-order valence-electron chi connectivity index (χ4n) is 1.89. The summed E-state index contributed by atoms with van der Waals surface area (Å²) in [4.78, 5) is 22.1. The topological polar surface area (TPSA) is 126 Å². The van der Waals surface area contributed by atoms with Crippen molar-refractivity contribution in [2.75, 3.05) is 13.2 Å². The van der Waals surface area contributed by atoms with Gasteiger partial charge in [0.25, 0.3) is 0 Å². The Hall–Kier alpha value is -2.22. The number of unbranched alkanes of at least 4 members (excludes halogenated alkanes) is 1. The number of carboxylic acids is 1. The maximum atomic E-state index is 11.5. The number of carboxylic acid groups (broad SMARTS) is 1. The third-order valence-electron chi connectivity index (χ3n) is 3.38. The van der Waals surface area contributed by atoms with Crippen molar-refractivity contribution < 1.29 is 19.4 Å². The molecule has 0 aromatic rings. The summed E-state index contributed by atoms with van der Waals surface area (Å²) < 4.78 is 5.09. The monoisotopic (exact) mass is 324 g/mol. The fourth-order valence-corrected chi connectivity index (χ4v) is 1.89. The minimum atomic E-state index is -1.01. The Balaban J connectivity index is 2.10. The Morgan fingerprint density at radius 3 is 2.91 bits per heavy atom. The molecule has 8 heteroatoms. The van der Waals surface area contributed by atoms with Crippen LogP contribution in [0.5, 0.6) is 0 Å². The SMILES string of the molecule is CC1(CCOC(=O)NCCCC[C@H](N)C(=O)O)C=CC=CN=N1. The van der Waals surface area contributed by atoms with Crippen molar-refractivity contribution in [3.05, 3.63) is 24.4 Å². The van der Waals surface area contributed by atoms with Crippen LogP contribution in [0.1, 0.15) is 32.6 Å². The van der Waals surface area contributed by atoms with Crippen LogP contribution in [0, 0.1) is 0 Å². The molecule has 8 nitrogen and oxygen atoms in total. The second-order valence-electron chi connectivity index (χ2n) is 5.53. The molecule has 0 aliphatic carbocycles. The van der Waals surface area contributed by atoms with Crippen molar-refractivity contribution in [1.29, 1.82) is 0 Å². The van der Waals surface area contributed by atoms with E-state index in [1.54, 1.807) is 12.3 Å². The number of ether oxygens (including phenoxy) is 1. The number of rotatable bonds is 9. The first-order valence-electron chi connectivity index (χ1n) is 7.58. The number of carbonyl (C=O) groups is 2. The molecule has 1 amide bonds. The Kier molecular flexibility index (Phi) is 7.96. The van der Waals surface area contributed by atoms with Crippen LogP contribution >= 0.6 is 0 Å². The molecule has 0 spiro atoms. The van der Waals surface area contributed by atoms with Gasteiger partial charge in [-0.15, -0.1) is 0 Å². The number of nitrogens with zero attached hydrogens (tertiary/aromatic N) is 2. The van der Waals surface area contributed by atoms with E-state index in [4.69, 9.17) is 15.6 Å². The Morgan fingerprint density at radius 2 is 2.17 bits per heavy atom. The van der Waals surface area contributed by atoms with Gasteiger partial charge in [-0.25, -0.2) is 4.79 Å². The van der Waals surface area contributed by atoms with Gasteiger partial charge in [-0.2, -0.15) is 10.2 Å². The van der Waals surface area contributed by atoms with Crippen LogP contribution < -0.4 is 11.1 Å². The summed E-state index contributed by atoms with van der Waals surface area (Å²) >= 11 is 0. The van der Waals surface area contributed by atoms with Crippen LogP contribution in [0.25, 0.3) is 0 Å². The number of carbonyl (C=O) groups excluding carboxylic acids is 1. The van der Waals surface area contributed by atoms with Crippen molar-refractivity contribution >= 4 is 12.1 Å². The predicted octanol–water partition coefficient (Wildman–Crippen LogP) is 1.98. The summed E-state index contributed by atoms with van der Waals surface area (Å²) in [6.45, 7) is 2.56. The maximum absolute atomic E-state index is 11.5. The average Bonchev–Trinajstić information content (AvgIpc) is 2.71. The average molecular weight is 324 g/mol. The molecule has 23 heavy (non-hydrogen) atoms. The maximum Gasteiger partial charge on any atom is 0.407 e. The van der Waals surface area contributed by atoms with E-state index in [2.05, 4.69) is 15.5 Å². The highest BCUT2D eigenvalue weighted by molar-refractivity contribution is 5.72. The van der Waals surface area contributed by atoms with Gasteiger partial charge in [0.1, 0.15) is 11.6 Å². The molecule has 1 aliphatic rings. The summed E-state index contributed by atoms with van der Waals surface area (Å²) in [6.07, 6.45) is 8.87. The molecule has 1 rings (SSSR count). The third kappa shape index (κ3) is 8.10. The van der Waals surface area contributed by atoms with Gasteiger partial charge in [0.15, 0.2) is 0 Å². The molecule has 0 bridgehead atoms. The van der Waals surface area contributed by atoms with E-state index in [-0.39, 0.29) is 6.61 Å². The lowest BCUT2D eigenvalue weighted by Gasteiger charge is -2.18. The fraction of sp³-hybridized carbons (Fsp3) is 0.600. The zero-order chi connectivity index (χ0) is 17.1. The van der Waals surface area contributed by atoms with Crippen LogP contribution in [0.3, 0.4) is 0 Å². The summed E-state index contributed by atoms with van der Waals surface area (Å²) in [5, 5.41) is 19.3. The Bertz CT molecular complexity index is 472. The number of nitrogens with one attached hydrogen (secondary N) is 1. The van der Waals surface area contributed by atoms with Gasteiger partial charge in [-0.3, -0.25) is 4.79 Å². The highest BCUT2D eigenvalue weighted by atomic mass is 16.5. The molecule has 1 heterocycles. The van der Waals surface area contributed by atoms with Crippen LogP contribution in [0.4, 0.5) is 4.79 Å². The first kappa shape index (κ1) is 18.8. The van der Waals surface area contributed by atoms with Crippen molar-refractivity contribution in [2.24, 2.45) is 16.0 Å². The lowest BCUT2D eigenvalue weighted by atomic mass is 9.99. The van der Waals surface area contributed by atoms with E-state index in [1.165, 1.54) is 0 Å². The molecule has 2 atom stereocenters. The number of azo groups is 1. The number of hydrogen-bond donors (Lipinski definition) is 3. The van der Waals surface area contributed by atoms with Crippen molar-refractivity contribution in [3.8, 4) is 0 Å². The zero-order valence-electron chi connectivity index (χ0n) is 13.3. The van der Waals surface area contributed by atoms with Gasteiger partial charge >= 0.3 is 12.1 Å². The largest absolute Gasteiger partial charge is 0.480 e. The number of hydrogen-bond acceptors (Lipinski definition) is 6. The van der Waals surface area contributed by atoms with Crippen molar-refractivity contribution in [1.82, 2.24) is 5.32 Å². The molecule has 1 unspecified atom stereocenters. The standard InChI is InChI=1S/C15H24N4O4/c1-15(7-3-5-10-18-19-15)8-11-23-14(22)17-9-4-2-6-12(16)13(20)21/h3,5,7,10,12H,2,4,6,8-9,11,16H2,1H3,(H,17,22)(H,20,21)/t12-,15?/m0/s1. The first-order valence-corrected chi connectivity index (χ1v) is 7.58. The van der Waals surface area contributed by atoms with Gasteiger partial charge < -0.3 is 20.9 Å². The van der Waals surface area contributed by atoms with Crippen LogP contribution in [0.2, 0.25) is 0 Å². The summed E-state index contributed by atoms with van der Waals surface area (Å²) in [7, 11) is 0. The van der Waals surface area contributed by atoms with E-state index in [0.29, 0.717) is 32.2 Å². The van der Waals surface area contributed by atoms with Crippen molar-refractivity contribution in [2.45, 2.75) is 44.2 Å². The van der Waals surface area contributed by atoms with E-state index in [0.717, 1.165) is 0 Å². The number of allylic oxidation sites excluding steroid dienone is 2. The highest BCUT2D eigenvalue weighted by Crippen LogP contribution is 2.20. The quantitative estimate of drug-likeness (QED) is 0.559. The number of aliphatic carboxylic acids is 1. The smallest absolute Gasteiger partial charge is 0.407 e. The molecule has 0 aromatic carbocycles. The molecular weight excluding hydrogens is 300 g/mol. The van der Waals surface area contributed by atoms with E-state index in [1.807, 2.05) is 19.1 Å². The minimum absolute atomic E-state index is 0.232. The Morgan fingerprint density at radius 1 is 1.39 bits per heavy atom. The Labute approximate surface area is 135 Å². The molecular formula is C15H24N4O4. The van der Waals surface area contributed by atoms with E-state index >= 15 is 0 Å². The predicted molar refractivity (Wildman–Crippen MR) is 85.0 cm³/mol.